The summed E-state index contributed by atoms with van der Waals surface area (Å²) in [7, 11) is 0. The van der Waals surface area contributed by atoms with Crippen LogP contribution in [0.4, 0.5) is 22.0 Å². The number of nitrogens with zero attached hydrogens (tertiary/aromatic N) is 1. The monoisotopic (exact) mass is 613 g/mol. The van der Waals surface area contributed by atoms with Crippen molar-refractivity contribution in [2.75, 3.05) is 0 Å². The Morgan fingerprint density at radius 1 is 0.391 bits per heavy atom. The highest BCUT2D eigenvalue weighted by Gasteiger charge is 2.26. The van der Waals surface area contributed by atoms with Crippen LogP contribution in [0.2, 0.25) is 0 Å². The van der Waals surface area contributed by atoms with Gasteiger partial charge in [0.25, 0.3) is 0 Å². The molecule has 0 unspecified atom stereocenters. The first-order valence-electron chi connectivity index (χ1n) is 14.4. The van der Waals surface area contributed by atoms with Gasteiger partial charge in [0.1, 0.15) is 5.52 Å². The van der Waals surface area contributed by atoms with Crippen molar-refractivity contribution < 1.29 is 26.4 Å². The second kappa shape index (κ2) is 10.7. The number of para-hydroxylation sites is 2. The number of benzene rings is 7. The van der Waals surface area contributed by atoms with E-state index in [1.54, 1.807) is 12.1 Å². The zero-order valence-electron chi connectivity index (χ0n) is 23.8. The Morgan fingerprint density at radius 3 is 1.35 bits per heavy atom. The van der Waals surface area contributed by atoms with E-state index in [9.17, 15) is 22.0 Å². The normalized spacial score (nSPS) is 11.6. The van der Waals surface area contributed by atoms with Crippen LogP contribution < -0.4 is 0 Å². The Kier molecular flexibility index (Phi) is 6.42. The lowest BCUT2D eigenvalue weighted by molar-refractivity contribution is 0.381. The average Bonchev–Trinajstić information content (AvgIpc) is 3.54. The summed E-state index contributed by atoms with van der Waals surface area (Å²) in [5.41, 5.74) is 5.43. The molecule has 0 radical (unpaired) electrons. The first kappa shape index (κ1) is 27.7. The highest BCUT2D eigenvalue weighted by molar-refractivity contribution is 5.94. The third-order valence-corrected chi connectivity index (χ3v) is 8.27. The van der Waals surface area contributed by atoms with Gasteiger partial charge in [-0.1, -0.05) is 72.8 Å². The van der Waals surface area contributed by atoms with Gasteiger partial charge in [-0.05, 0) is 97.9 Å². The van der Waals surface area contributed by atoms with Crippen LogP contribution in [0.3, 0.4) is 0 Å². The molecule has 222 valence electrons. The lowest BCUT2D eigenvalue weighted by Gasteiger charge is -2.11. The SMILES string of the molecule is Fc1c(F)c(F)c(-c2ccc3cc(-c4ccc5cc(-c6ccc(-c7nc8ccccc8o7)cc6)ccc5c4)ccc3c2)c(F)c1F. The molecule has 0 fully saturated rings. The molecule has 46 heavy (non-hydrogen) atoms. The van der Waals surface area contributed by atoms with Crippen LogP contribution in [0.15, 0.2) is 126 Å². The van der Waals surface area contributed by atoms with Crippen LogP contribution in [-0.4, -0.2) is 4.98 Å². The van der Waals surface area contributed by atoms with Crippen LogP contribution >= 0.6 is 0 Å². The Hall–Kier alpha value is -5.82. The van der Waals surface area contributed by atoms with E-state index >= 15 is 0 Å². The van der Waals surface area contributed by atoms with Gasteiger partial charge in [0, 0.05) is 5.56 Å². The number of aromatic nitrogens is 1. The fraction of sp³-hybridized carbons (Fsp3) is 0. The van der Waals surface area contributed by atoms with E-state index in [1.165, 1.54) is 12.1 Å². The summed E-state index contributed by atoms with van der Waals surface area (Å²) in [6, 6.07) is 38.1. The summed E-state index contributed by atoms with van der Waals surface area (Å²) in [5.74, 6) is -9.26. The van der Waals surface area contributed by atoms with E-state index in [-0.39, 0.29) is 5.56 Å². The van der Waals surface area contributed by atoms with Crippen LogP contribution in [-0.2, 0) is 0 Å². The Bertz CT molecular complexity index is 2420. The molecule has 2 nitrogen and oxygen atoms in total. The first-order chi connectivity index (χ1) is 22.3. The van der Waals surface area contributed by atoms with E-state index in [4.69, 9.17) is 4.42 Å². The summed E-state index contributed by atoms with van der Waals surface area (Å²) >= 11 is 0. The van der Waals surface area contributed by atoms with E-state index in [1.807, 2.05) is 66.7 Å². The summed E-state index contributed by atoms with van der Waals surface area (Å²) in [5, 5.41) is 3.46. The fourth-order valence-corrected chi connectivity index (χ4v) is 5.84. The summed E-state index contributed by atoms with van der Waals surface area (Å²) in [6.07, 6.45) is 0. The van der Waals surface area contributed by atoms with Crippen molar-refractivity contribution >= 4 is 32.6 Å². The van der Waals surface area contributed by atoms with Gasteiger partial charge >= 0.3 is 0 Å². The molecular weight excluding hydrogens is 593 g/mol. The van der Waals surface area contributed by atoms with Crippen molar-refractivity contribution in [2.45, 2.75) is 0 Å². The van der Waals surface area contributed by atoms with Gasteiger partial charge in [0.2, 0.25) is 11.7 Å². The maximum atomic E-state index is 14.4. The summed E-state index contributed by atoms with van der Waals surface area (Å²) < 4.78 is 75.8. The van der Waals surface area contributed by atoms with Crippen LogP contribution in [0.1, 0.15) is 0 Å². The number of hydrogen-bond acceptors (Lipinski definition) is 2. The Labute approximate surface area is 259 Å². The second-order valence-corrected chi connectivity index (χ2v) is 11.1. The van der Waals surface area contributed by atoms with Crippen LogP contribution in [0.25, 0.3) is 77.5 Å². The number of halogens is 5. The average molecular weight is 614 g/mol. The molecule has 8 rings (SSSR count). The van der Waals surface area contributed by atoms with Gasteiger partial charge in [-0.25, -0.2) is 26.9 Å². The standard InChI is InChI=1S/C39H20F5NO/c40-34-33(35(41)37(43)38(44)36(34)42)30-16-15-28-19-27(13-14-29(28)20-30)26-12-11-24-17-23(9-10-25(24)18-26)21-5-7-22(8-6-21)39-45-31-3-1-2-4-32(31)46-39/h1-20H. The van der Waals surface area contributed by atoms with Crippen molar-refractivity contribution in [3.05, 3.63) is 150 Å². The van der Waals surface area contributed by atoms with Gasteiger partial charge in [-0.2, -0.15) is 0 Å². The Balaban J connectivity index is 1.07. The molecule has 1 aromatic heterocycles. The number of fused-ring (bicyclic) bond motifs is 3. The zero-order chi connectivity index (χ0) is 31.5. The maximum absolute atomic E-state index is 14.4. The largest absolute Gasteiger partial charge is 0.436 e. The van der Waals surface area contributed by atoms with Gasteiger partial charge < -0.3 is 4.42 Å². The number of oxazole rings is 1. The molecule has 7 aromatic carbocycles. The van der Waals surface area contributed by atoms with E-state index < -0.39 is 34.6 Å². The van der Waals surface area contributed by atoms with Crippen molar-refractivity contribution in [3.63, 3.8) is 0 Å². The van der Waals surface area contributed by atoms with Gasteiger partial charge in [-0.3, -0.25) is 0 Å². The molecule has 0 aliphatic heterocycles. The van der Waals surface area contributed by atoms with Gasteiger partial charge in [-0.15, -0.1) is 0 Å². The van der Waals surface area contributed by atoms with Gasteiger partial charge in [0.15, 0.2) is 28.9 Å². The van der Waals surface area contributed by atoms with E-state index in [0.29, 0.717) is 11.3 Å². The fourth-order valence-electron chi connectivity index (χ4n) is 5.84. The molecule has 0 N–H and O–H groups in total. The topological polar surface area (TPSA) is 26.0 Å². The molecule has 0 saturated heterocycles. The minimum absolute atomic E-state index is 0.101. The molecule has 0 atom stereocenters. The molecule has 0 aliphatic carbocycles. The minimum atomic E-state index is -2.18. The minimum Gasteiger partial charge on any atom is -0.436 e. The Morgan fingerprint density at radius 2 is 0.804 bits per heavy atom. The molecule has 0 aliphatic rings. The summed E-state index contributed by atoms with van der Waals surface area (Å²) in [4.78, 5) is 4.58. The molecule has 1 heterocycles. The van der Waals surface area contributed by atoms with Crippen LogP contribution in [0.5, 0.6) is 0 Å². The lowest BCUT2D eigenvalue weighted by atomic mass is 9.95. The van der Waals surface area contributed by atoms with Crippen molar-refractivity contribution in [1.29, 1.82) is 0 Å². The number of rotatable bonds is 4. The molecule has 0 spiro atoms. The van der Waals surface area contributed by atoms with Crippen molar-refractivity contribution in [1.82, 2.24) is 4.98 Å². The van der Waals surface area contributed by atoms with Crippen molar-refractivity contribution in [3.8, 4) is 44.8 Å². The maximum Gasteiger partial charge on any atom is 0.227 e. The quantitative estimate of drug-likeness (QED) is 0.112. The molecule has 0 amide bonds. The molecule has 0 bridgehead atoms. The smallest absolute Gasteiger partial charge is 0.227 e. The third-order valence-electron chi connectivity index (χ3n) is 8.27. The molecular formula is C39H20F5NO. The van der Waals surface area contributed by atoms with Crippen LogP contribution in [0, 0.1) is 29.1 Å². The lowest BCUT2D eigenvalue weighted by Crippen LogP contribution is -2.04. The third kappa shape index (κ3) is 4.59. The summed E-state index contributed by atoms with van der Waals surface area (Å²) in [6.45, 7) is 0. The zero-order valence-corrected chi connectivity index (χ0v) is 23.8. The highest BCUT2D eigenvalue weighted by atomic mass is 19.2. The first-order valence-corrected chi connectivity index (χ1v) is 14.4. The molecule has 0 saturated carbocycles. The van der Waals surface area contributed by atoms with Crippen molar-refractivity contribution in [2.24, 2.45) is 0 Å². The molecule has 7 heteroatoms. The molecule has 8 aromatic rings. The number of hydrogen-bond donors (Lipinski definition) is 0. The predicted molar refractivity (Wildman–Crippen MR) is 171 cm³/mol. The highest BCUT2D eigenvalue weighted by Crippen LogP contribution is 2.35. The van der Waals surface area contributed by atoms with Gasteiger partial charge in [0.05, 0.1) is 5.56 Å². The predicted octanol–water partition coefficient (Wildman–Crippen LogP) is 11.5. The van der Waals surface area contributed by atoms with E-state index in [0.717, 1.165) is 55.1 Å². The second-order valence-electron chi connectivity index (χ2n) is 11.1. The van der Waals surface area contributed by atoms with E-state index in [2.05, 4.69) is 35.3 Å².